The largest absolute Gasteiger partial charge is 0.422 e. The summed E-state index contributed by atoms with van der Waals surface area (Å²) >= 11 is 0. The molecule has 0 saturated heterocycles. The van der Waals surface area contributed by atoms with Crippen LogP contribution in [-0.2, 0) is 25.8 Å². The first-order valence-electron chi connectivity index (χ1n) is 5.84. The molecule has 0 saturated carbocycles. The maximum Gasteiger partial charge on any atom is 0.387 e. The van der Waals surface area contributed by atoms with Gasteiger partial charge in [-0.2, -0.15) is 13.2 Å². The molecule has 2 nitrogen and oxygen atoms in total. The average Bonchev–Trinajstić information content (AvgIpc) is 2.26. The molecule has 0 aromatic carbocycles. The van der Waals surface area contributed by atoms with E-state index < -0.39 is 24.0 Å². The monoisotopic (exact) mass is 484 g/mol. The van der Waals surface area contributed by atoms with Crippen LogP contribution in [0.5, 0.6) is 0 Å². The van der Waals surface area contributed by atoms with Crippen molar-refractivity contribution < 1.29 is 52.2 Å². The molecule has 0 aromatic rings. The predicted octanol–water partition coefficient (Wildman–Crippen LogP) is 4.17. The van der Waals surface area contributed by atoms with Crippen LogP contribution in [0.1, 0.15) is 26.7 Å². The molecule has 0 bridgehead atoms. The van der Waals surface area contributed by atoms with E-state index in [9.17, 15) is 26.3 Å². The Balaban J connectivity index is -0.000000572. The third-order valence-corrected chi connectivity index (χ3v) is 1.69. The zero-order chi connectivity index (χ0) is 16.2. The first kappa shape index (κ1) is 25.8. The fourth-order valence-corrected chi connectivity index (χ4v) is 0.925. The topological polar surface area (TPSA) is 24.4 Å². The zero-order valence-electron chi connectivity index (χ0n) is 12.0. The minimum atomic E-state index is -4.73. The maximum atomic E-state index is 13.1. The first-order valence-corrected chi connectivity index (χ1v) is 5.84. The SMILES string of the molecule is CCC/C(F)=C(\[C-]=NCCNC)C(F)(F)F.C[C-](F)F.[Hf]. The first-order chi connectivity index (χ1) is 9.16. The van der Waals surface area contributed by atoms with Crippen molar-refractivity contribution in [2.24, 2.45) is 4.99 Å². The van der Waals surface area contributed by atoms with Gasteiger partial charge in [-0.05, 0) is 19.3 Å². The van der Waals surface area contributed by atoms with Gasteiger partial charge in [0.1, 0.15) is 0 Å². The molecule has 124 valence electrons. The van der Waals surface area contributed by atoms with E-state index in [1.165, 1.54) is 0 Å². The minimum absolute atomic E-state index is 0. The second kappa shape index (κ2) is 14.7. The van der Waals surface area contributed by atoms with Crippen molar-refractivity contribution in [3.05, 3.63) is 17.8 Å². The van der Waals surface area contributed by atoms with Crippen molar-refractivity contribution in [2.45, 2.75) is 32.9 Å². The molecular weight excluding hydrogens is 465 g/mol. The summed E-state index contributed by atoms with van der Waals surface area (Å²) in [6.07, 6.45) is -4.51. The molecule has 0 atom stereocenters. The van der Waals surface area contributed by atoms with E-state index in [2.05, 4.69) is 10.3 Å². The second-order valence-electron chi connectivity index (χ2n) is 3.57. The van der Waals surface area contributed by atoms with Gasteiger partial charge < -0.3 is 23.5 Å². The molecule has 0 unspecified atom stereocenters. The molecule has 0 spiro atoms. The molecule has 0 rings (SSSR count). The Bertz CT molecular complexity index is 300. The Morgan fingerprint density at radius 3 is 2.10 bits per heavy atom. The molecule has 0 heterocycles. The molecule has 9 heteroatoms. The normalized spacial score (nSPS) is 12.7. The van der Waals surface area contributed by atoms with Gasteiger partial charge >= 0.3 is 6.18 Å². The van der Waals surface area contributed by atoms with Crippen LogP contribution >= 0.6 is 0 Å². The van der Waals surface area contributed by atoms with Crippen LogP contribution in [0.25, 0.3) is 0 Å². The number of allylic oxidation sites excluding steroid dienone is 2. The van der Waals surface area contributed by atoms with Crippen molar-refractivity contribution in [3.8, 4) is 0 Å². The fourth-order valence-electron chi connectivity index (χ4n) is 0.925. The Hall–Kier alpha value is -0.180. The summed E-state index contributed by atoms with van der Waals surface area (Å²) in [7, 11) is 1.65. The maximum absolute atomic E-state index is 13.1. The predicted molar refractivity (Wildman–Crippen MR) is 66.5 cm³/mol. The number of nitrogens with zero attached hydrogens (tertiary/aromatic N) is 1. The number of aliphatic imine (C=N–C) groups is 1. The van der Waals surface area contributed by atoms with Gasteiger partial charge in [0.2, 0.25) is 0 Å². The van der Waals surface area contributed by atoms with Crippen molar-refractivity contribution in [3.63, 3.8) is 0 Å². The molecule has 0 radical (unpaired) electrons. The molecule has 0 aliphatic rings. The van der Waals surface area contributed by atoms with Crippen LogP contribution < -0.4 is 5.32 Å². The van der Waals surface area contributed by atoms with Crippen LogP contribution in [0.3, 0.4) is 0 Å². The minimum Gasteiger partial charge on any atom is -0.422 e. The number of hydrogen-bond donors (Lipinski definition) is 1. The number of nitrogens with one attached hydrogen (secondary N) is 1. The average molecular weight is 483 g/mol. The Labute approximate surface area is 139 Å². The second-order valence-corrected chi connectivity index (χ2v) is 3.57. The van der Waals surface area contributed by atoms with Gasteiger partial charge in [-0.3, -0.25) is 0 Å². The molecular formula is C12H18F6HfN2-2. The van der Waals surface area contributed by atoms with Crippen molar-refractivity contribution in [1.82, 2.24) is 5.32 Å². The van der Waals surface area contributed by atoms with E-state index in [4.69, 9.17) is 0 Å². The smallest absolute Gasteiger partial charge is 0.387 e. The molecule has 0 aliphatic heterocycles. The Morgan fingerprint density at radius 1 is 1.29 bits per heavy atom. The van der Waals surface area contributed by atoms with Gasteiger partial charge in [0.15, 0.2) is 0 Å². The van der Waals surface area contributed by atoms with Crippen LogP contribution in [0.15, 0.2) is 16.4 Å². The number of alkyl halides is 3. The Kier molecular flexibility index (Phi) is 18.1. The van der Waals surface area contributed by atoms with Crippen molar-refractivity contribution in [2.75, 3.05) is 20.1 Å². The summed E-state index contributed by atoms with van der Waals surface area (Å²) in [6, 6.07) is 0. The summed E-state index contributed by atoms with van der Waals surface area (Å²) in [6.45, 7) is 2.91. The van der Waals surface area contributed by atoms with Crippen LogP contribution in [-0.4, -0.2) is 32.5 Å². The van der Waals surface area contributed by atoms with Gasteiger partial charge in [0.05, 0.1) is 0 Å². The standard InChI is InChI=1S/C10H15F4N2.C2H3F2.Hf/c1-3-4-9(11)8(10(12,13)14)7-16-6-5-15-2;1-2(3)4;/h15H,3-6H2,1-2H3;1H3;/q2*-1;/b9-8-;;. The van der Waals surface area contributed by atoms with E-state index in [-0.39, 0.29) is 38.8 Å². The fraction of sp³-hybridized carbons (Fsp3) is 0.667. The van der Waals surface area contributed by atoms with Crippen LogP contribution in [0.4, 0.5) is 26.3 Å². The van der Waals surface area contributed by atoms with Gasteiger partial charge in [0.25, 0.3) is 0 Å². The van der Waals surface area contributed by atoms with E-state index in [0.29, 0.717) is 13.0 Å². The summed E-state index contributed by atoms with van der Waals surface area (Å²) in [5, 5.41) is 2.71. The zero-order valence-corrected chi connectivity index (χ0v) is 15.6. The van der Waals surface area contributed by atoms with Crippen molar-refractivity contribution >= 4 is 6.21 Å². The molecule has 0 aliphatic carbocycles. The van der Waals surface area contributed by atoms with E-state index in [1.54, 1.807) is 20.2 Å². The van der Waals surface area contributed by atoms with Gasteiger partial charge in [0, 0.05) is 38.9 Å². The molecule has 0 aromatic heterocycles. The van der Waals surface area contributed by atoms with Gasteiger partial charge in [-0.25, -0.2) is 0 Å². The molecule has 21 heavy (non-hydrogen) atoms. The van der Waals surface area contributed by atoms with Gasteiger partial charge in [-0.1, -0.05) is 25.3 Å². The Morgan fingerprint density at radius 2 is 1.76 bits per heavy atom. The van der Waals surface area contributed by atoms with Crippen LogP contribution in [0, 0.1) is 6.43 Å². The summed E-state index contributed by atoms with van der Waals surface area (Å²) in [5.74, 6) is -1.21. The summed E-state index contributed by atoms with van der Waals surface area (Å²) in [5.41, 5.74) is -1.40. The van der Waals surface area contributed by atoms with E-state index in [0.717, 1.165) is 6.92 Å². The molecule has 1 N–H and O–H groups in total. The molecule has 0 amide bonds. The van der Waals surface area contributed by atoms with E-state index in [1.807, 2.05) is 0 Å². The van der Waals surface area contributed by atoms with Crippen molar-refractivity contribution in [1.29, 1.82) is 0 Å². The van der Waals surface area contributed by atoms with Crippen LogP contribution in [0.2, 0.25) is 0 Å². The molecule has 0 fully saturated rings. The number of hydrogen-bond acceptors (Lipinski definition) is 2. The van der Waals surface area contributed by atoms with Gasteiger partial charge in [-0.15, -0.1) is 13.1 Å². The van der Waals surface area contributed by atoms with E-state index >= 15 is 0 Å². The quantitative estimate of drug-likeness (QED) is 0.198. The third kappa shape index (κ3) is 17.8. The summed E-state index contributed by atoms with van der Waals surface area (Å²) < 4.78 is 70.7. The number of likely N-dealkylation sites (N-methyl/N-ethyl adjacent to an activating group) is 1. The number of halogens is 6. The summed E-state index contributed by atoms with van der Waals surface area (Å²) in [4.78, 5) is 3.40. The third-order valence-electron chi connectivity index (χ3n) is 1.69. The number of rotatable bonds is 6.